The normalized spacial score (nSPS) is 12.7. The number of hydrogen-bond acceptors (Lipinski definition) is 5. The Kier molecular flexibility index (Phi) is 3.49. The van der Waals surface area contributed by atoms with Crippen LogP contribution in [0.2, 0.25) is 0 Å². The number of ether oxygens (including phenoxy) is 1. The van der Waals surface area contributed by atoms with Gasteiger partial charge in [0.1, 0.15) is 6.04 Å². The summed E-state index contributed by atoms with van der Waals surface area (Å²) in [5, 5.41) is 4.15. The third kappa shape index (κ3) is 2.31. The van der Waals surface area contributed by atoms with Crippen LogP contribution in [-0.4, -0.2) is 38.0 Å². The first-order valence-corrected chi connectivity index (χ1v) is 6.51. The molecule has 0 bridgehead atoms. The summed E-state index contributed by atoms with van der Waals surface area (Å²) < 4.78 is 8.51. The largest absolute Gasteiger partial charge is 0.382 e. The average Bonchev–Trinajstić information content (AvgIpc) is 2.92. The second-order valence-electron chi connectivity index (χ2n) is 4.68. The van der Waals surface area contributed by atoms with Crippen LogP contribution in [0, 0.1) is 0 Å². The van der Waals surface area contributed by atoms with Crippen molar-refractivity contribution >= 4 is 11.0 Å². The third-order valence-corrected chi connectivity index (χ3v) is 3.41. The first kappa shape index (κ1) is 13.4. The van der Waals surface area contributed by atoms with Crippen LogP contribution in [0.5, 0.6) is 0 Å². The topological polar surface area (TPSA) is 74.8 Å². The highest BCUT2D eigenvalue weighted by atomic mass is 16.5. The smallest absolute Gasteiger partial charge is 0.280 e. The molecule has 0 saturated heterocycles. The maximum absolute atomic E-state index is 12.6. The van der Waals surface area contributed by atoms with Gasteiger partial charge in [0.05, 0.1) is 24.1 Å². The molecule has 0 aliphatic heterocycles. The molecule has 1 atom stereocenters. The molecular weight excluding hydrogens is 270 g/mol. The molecular formula is C14H15N5O2. The van der Waals surface area contributed by atoms with Crippen LogP contribution >= 0.6 is 0 Å². The number of fused-ring (bicyclic) bond motifs is 1. The summed E-state index contributed by atoms with van der Waals surface area (Å²) in [7, 11) is 3.43. The number of rotatable bonds is 4. The van der Waals surface area contributed by atoms with Crippen molar-refractivity contribution in [3.63, 3.8) is 0 Å². The minimum Gasteiger partial charge on any atom is -0.382 e. The number of aromatic nitrogens is 5. The molecule has 0 aromatic carbocycles. The molecule has 0 spiro atoms. The van der Waals surface area contributed by atoms with E-state index in [0.29, 0.717) is 17.6 Å². The molecule has 0 unspecified atom stereocenters. The molecule has 0 fully saturated rings. The minimum absolute atomic E-state index is 0.191. The molecule has 0 radical (unpaired) electrons. The Balaban J connectivity index is 2.18. The molecule has 0 aliphatic carbocycles. The van der Waals surface area contributed by atoms with Gasteiger partial charge in [0.15, 0.2) is 5.52 Å². The average molecular weight is 285 g/mol. The Labute approximate surface area is 120 Å². The summed E-state index contributed by atoms with van der Waals surface area (Å²) in [6.07, 6.45) is 4.81. The molecule has 0 amide bonds. The quantitative estimate of drug-likeness (QED) is 0.707. The first-order valence-electron chi connectivity index (χ1n) is 6.51. The van der Waals surface area contributed by atoms with Crippen molar-refractivity contribution in [1.29, 1.82) is 0 Å². The van der Waals surface area contributed by atoms with E-state index in [4.69, 9.17) is 4.74 Å². The van der Waals surface area contributed by atoms with E-state index in [9.17, 15) is 4.79 Å². The van der Waals surface area contributed by atoms with Crippen molar-refractivity contribution in [2.45, 2.75) is 6.04 Å². The van der Waals surface area contributed by atoms with Gasteiger partial charge in [-0.1, -0.05) is 0 Å². The monoisotopic (exact) mass is 285 g/mol. The van der Waals surface area contributed by atoms with Gasteiger partial charge < -0.3 is 4.74 Å². The first-order chi connectivity index (χ1) is 10.2. The van der Waals surface area contributed by atoms with Crippen LogP contribution in [0.15, 0.2) is 41.7 Å². The van der Waals surface area contributed by atoms with Crippen molar-refractivity contribution in [3.05, 3.63) is 53.0 Å². The second kappa shape index (κ2) is 5.45. The Morgan fingerprint density at radius 3 is 2.86 bits per heavy atom. The van der Waals surface area contributed by atoms with Crippen LogP contribution < -0.4 is 5.56 Å². The zero-order valence-electron chi connectivity index (χ0n) is 11.8. The Morgan fingerprint density at radius 1 is 1.29 bits per heavy atom. The minimum atomic E-state index is -0.297. The van der Waals surface area contributed by atoms with Crippen LogP contribution in [0.4, 0.5) is 0 Å². The van der Waals surface area contributed by atoms with Gasteiger partial charge in [-0.15, -0.1) is 0 Å². The Bertz CT molecular complexity index is 823. The van der Waals surface area contributed by atoms with Gasteiger partial charge in [-0.3, -0.25) is 14.0 Å². The number of pyridine rings is 1. The molecule has 108 valence electrons. The lowest BCUT2D eigenvalue weighted by molar-refractivity contribution is 0.164. The summed E-state index contributed by atoms with van der Waals surface area (Å²) in [6, 6.07) is 5.09. The molecule has 7 heteroatoms. The fourth-order valence-electron chi connectivity index (χ4n) is 2.36. The highest BCUT2D eigenvalue weighted by Gasteiger charge is 2.19. The molecule has 3 aromatic heterocycles. The van der Waals surface area contributed by atoms with Gasteiger partial charge in [0, 0.05) is 26.6 Å². The van der Waals surface area contributed by atoms with Gasteiger partial charge in [-0.25, -0.2) is 9.97 Å². The number of methoxy groups -OCH3 is 1. The lowest BCUT2D eigenvalue weighted by atomic mass is 10.2. The fraction of sp³-hybridized carbons (Fsp3) is 0.286. The SMILES string of the molecule is COC[C@@H](c1ccnn1C)n1cnc2cccnc2c1=O. The van der Waals surface area contributed by atoms with E-state index in [2.05, 4.69) is 15.1 Å². The standard InChI is InChI=1S/C14H15N5O2/c1-18-11(5-7-17-18)12(8-21-2)19-9-16-10-4-3-6-15-13(10)14(19)20/h3-7,9,12H,8H2,1-2H3/t12-/m0/s1. The molecule has 3 aromatic rings. The number of hydrogen-bond donors (Lipinski definition) is 0. The van der Waals surface area contributed by atoms with E-state index in [0.717, 1.165) is 5.69 Å². The summed E-state index contributed by atoms with van der Waals surface area (Å²) in [4.78, 5) is 21.1. The number of nitrogens with zero attached hydrogens (tertiary/aromatic N) is 5. The van der Waals surface area contributed by atoms with E-state index < -0.39 is 0 Å². The van der Waals surface area contributed by atoms with Crippen molar-refractivity contribution in [3.8, 4) is 0 Å². The van der Waals surface area contributed by atoms with Crippen LogP contribution in [-0.2, 0) is 11.8 Å². The van der Waals surface area contributed by atoms with E-state index in [1.165, 1.54) is 10.9 Å². The highest BCUT2D eigenvalue weighted by Crippen LogP contribution is 2.16. The predicted molar refractivity (Wildman–Crippen MR) is 77.0 cm³/mol. The van der Waals surface area contributed by atoms with E-state index in [-0.39, 0.29) is 11.6 Å². The lowest BCUT2D eigenvalue weighted by Crippen LogP contribution is -2.30. The summed E-state index contributed by atoms with van der Waals surface area (Å²) in [5.74, 6) is 0. The van der Waals surface area contributed by atoms with Crippen LogP contribution in [0.1, 0.15) is 11.7 Å². The predicted octanol–water partition coefficient (Wildman–Crippen LogP) is 0.761. The van der Waals surface area contributed by atoms with Crippen molar-refractivity contribution in [2.75, 3.05) is 13.7 Å². The van der Waals surface area contributed by atoms with Crippen molar-refractivity contribution < 1.29 is 4.74 Å². The zero-order valence-corrected chi connectivity index (χ0v) is 11.8. The third-order valence-electron chi connectivity index (χ3n) is 3.41. The molecule has 0 saturated carbocycles. The van der Waals surface area contributed by atoms with Gasteiger partial charge in [-0.2, -0.15) is 5.10 Å². The maximum Gasteiger partial charge on any atom is 0.280 e. The molecule has 7 nitrogen and oxygen atoms in total. The van der Waals surface area contributed by atoms with Crippen molar-refractivity contribution in [2.24, 2.45) is 7.05 Å². The van der Waals surface area contributed by atoms with Gasteiger partial charge in [0.25, 0.3) is 5.56 Å². The van der Waals surface area contributed by atoms with Gasteiger partial charge >= 0.3 is 0 Å². The Morgan fingerprint density at radius 2 is 2.14 bits per heavy atom. The Hall–Kier alpha value is -2.54. The summed E-state index contributed by atoms with van der Waals surface area (Å²) >= 11 is 0. The van der Waals surface area contributed by atoms with E-state index >= 15 is 0 Å². The zero-order chi connectivity index (χ0) is 14.8. The van der Waals surface area contributed by atoms with E-state index in [1.54, 1.807) is 36.3 Å². The van der Waals surface area contributed by atoms with Crippen LogP contribution in [0.25, 0.3) is 11.0 Å². The number of aryl methyl sites for hydroxylation is 1. The van der Waals surface area contributed by atoms with Crippen molar-refractivity contribution in [1.82, 2.24) is 24.3 Å². The summed E-state index contributed by atoms with van der Waals surface area (Å²) in [5.41, 5.74) is 1.61. The maximum atomic E-state index is 12.6. The molecule has 3 rings (SSSR count). The molecule has 0 N–H and O–H groups in total. The molecule has 21 heavy (non-hydrogen) atoms. The molecule has 0 aliphatic rings. The van der Waals surface area contributed by atoms with Gasteiger partial charge in [0.2, 0.25) is 0 Å². The fourth-order valence-corrected chi connectivity index (χ4v) is 2.36. The van der Waals surface area contributed by atoms with Gasteiger partial charge in [-0.05, 0) is 18.2 Å². The van der Waals surface area contributed by atoms with Crippen LogP contribution in [0.3, 0.4) is 0 Å². The summed E-state index contributed by atoms with van der Waals surface area (Å²) in [6.45, 7) is 0.347. The molecule has 3 heterocycles. The highest BCUT2D eigenvalue weighted by molar-refractivity contribution is 5.71. The second-order valence-corrected chi connectivity index (χ2v) is 4.68. The van der Waals surface area contributed by atoms with E-state index in [1.807, 2.05) is 13.1 Å². The lowest BCUT2D eigenvalue weighted by Gasteiger charge is -2.19.